The van der Waals surface area contributed by atoms with Crippen LogP contribution in [0.2, 0.25) is 0 Å². The second-order valence-electron chi connectivity index (χ2n) is 5.29. The third kappa shape index (κ3) is 2.82. The zero-order valence-corrected chi connectivity index (χ0v) is 11.7. The zero-order valence-electron chi connectivity index (χ0n) is 11.7. The quantitative estimate of drug-likeness (QED) is 0.845. The Morgan fingerprint density at radius 1 is 1.40 bits per heavy atom. The summed E-state index contributed by atoms with van der Waals surface area (Å²) in [5.74, 6) is 1.38. The Kier molecular flexibility index (Phi) is 3.69. The van der Waals surface area contributed by atoms with Gasteiger partial charge in [0.05, 0.1) is 17.6 Å². The smallest absolute Gasteiger partial charge is 0.240 e. The van der Waals surface area contributed by atoms with Crippen molar-refractivity contribution >= 4 is 22.9 Å². The summed E-state index contributed by atoms with van der Waals surface area (Å²) in [5.41, 5.74) is 1.96. The van der Waals surface area contributed by atoms with E-state index in [-0.39, 0.29) is 5.91 Å². The van der Waals surface area contributed by atoms with E-state index in [1.165, 1.54) is 12.8 Å². The van der Waals surface area contributed by atoms with E-state index in [9.17, 15) is 4.79 Å². The molecule has 0 spiro atoms. The summed E-state index contributed by atoms with van der Waals surface area (Å²) in [5, 5.41) is 6.08. The summed E-state index contributed by atoms with van der Waals surface area (Å²) in [6, 6.07) is 7.92. The van der Waals surface area contributed by atoms with Gasteiger partial charge < -0.3 is 9.88 Å². The zero-order chi connectivity index (χ0) is 13.9. The molecule has 1 saturated carbocycles. The van der Waals surface area contributed by atoms with E-state index in [1.54, 1.807) is 0 Å². The third-order valence-corrected chi connectivity index (χ3v) is 3.64. The van der Waals surface area contributed by atoms with Gasteiger partial charge in [0.1, 0.15) is 0 Å². The van der Waals surface area contributed by atoms with E-state index in [4.69, 9.17) is 0 Å². The van der Waals surface area contributed by atoms with Crippen LogP contribution in [-0.4, -0.2) is 28.5 Å². The summed E-state index contributed by atoms with van der Waals surface area (Å²) < 4.78 is 2.02. The number of hydrogen-bond acceptors (Lipinski definition) is 3. The molecule has 5 nitrogen and oxygen atoms in total. The van der Waals surface area contributed by atoms with Crippen molar-refractivity contribution in [3.05, 3.63) is 24.3 Å². The molecule has 1 heterocycles. The second-order valence-corrected chi connectivity index (χ2v) is 5.29. The highest BCUT2D eigenvalue weighted by atomic mass is 16.2. The van der Waals surface area contributed by atoms with Gasteiger partial charge in [0.2, 0.25) is 11.9 Å². The molecule has 0 unspecified atom stereocenters. The number of imidazole rings is 1. The fourth-order valence-electron chi connectivity index (χ4n) is 2.37. The van der Waals surface area contributed by atoms with Crippen LogP contribution in [0.4, 0.5) is 5.95 Å². The van der Waals surface area contributed by atoms with Gasteiger partial charge in [0.15, 0.2) is 0 Å². The molecule has 2 N–H and O–H groups in total. The molecular formula is C15H20N4O. The number of carbonyl (C=O) groups excluding carboxylic acids is 1. The molecule has 1 aromatic carbocycles. The Morgan fingerprint density at radius 3 is 2.95 bits per heavy atom. The maximum atomic E-state index is 11.9. The van der Waals surface area contributed by atoms with E-state index in [0.29, 0.717) is 12.5 Å². The normalized spacial score (nSPS) is 14.7. The average molecular weight is 272 g/mol. The Balaban J connectivity index is 1.67. The molecule has 0 radical (unpaired) electrons. The molecule has 0 aliphatic heterocycles. The number of aromatic nitrogens is 2. The average Bonchev–Trinajstić information content (AvgIpc) is 3.19. The van der Waals surface area contributed by atoms with Gasteiger partial charge in [-0.3, -0.25) is 10.1 Å². The van der Waals surface area contributed by atoms with Crippen LogP contribution in [0, 0.1) is 5.92 Å². The van der Waals surface area contributed by atoms with E-state index < -0.39 is 0 Å². The molecule has 1 aliphatic carbocycles. The minimum Gasteiger partial charge on any atom is -0.310 e. The van der Waals surface area contributed by atoms with E-state index in [2.05, 4.69) is 22.5 Å². The lowest BCUT2D eigenvalue weighted by Crippen LogP contribution is -2.30. The molecular weight excluding hydrogens is 252 g/mol. The summed E-state index contributed by atoms with van der Waals surface area (Å²) in [6.45, 7) is 4.13. The van der Waals surface area contributed by atoms with Crippen molar-refractivity contribution in [2.45, 2.75) is 26.3 Å². The lowest BCUT2D eigenvalue weighted by atomic mass is 10.3. The first-order valence-electron chi connectivity index (χ1n) is 7.23. The van der Waals surface area contributed by atoms with E-state index in [0.717, 1.165) is 30.0 Å². The van der Waals surface area contributed by atoms with Crippen LogP contribution < -0.4 is 10.6 Å². The lowest BCUT2D eigenvalue weighted by molar-refractivity contribution is -0.115. The molecule has 0 atom stereocenters. The molecule has 5 heteroatoms. The number of anilines is 1. The molecule has 106 valence electrons. The van der Waals surface area contributed by atoms with Crippen molar-refractivity contribution < 1.29 is 4.79 Å². The lowest BCUT2D eigenvalue weighted by Gasteiger charge is -2.08. The van der Waals surface area contributed by atoms with Gasteiger partial charge in [-0.1, -0.05) is 12.1 Å². The van der Waals surface area contributed by atoms with Crippen molar-refractivity contribution in [2.75, 3.05) is 18.4 Å². The van der Waals surface area contributed by atoms with E-state index in [1.807, 2.05) is 28.8 Å². The number of nitrogens with one attached hydrogen (secondary N) is 2. The van der Waals surface area contributed by atoms with Gasteiger partial charge >= 0.3 is 0 Å². The summed E-state index contributed by atoms with van der Waals surface area (Å²) >= 11 is 0. The van der Waals surface area contributed by atoms with Crippen LogP contribution in [0.5, 0.6) is 0 Å². The Labute approximate surface area is 118 Å². The van der Waals surface area contributed by atoms with Gasteiger partial charge in [0.25, 0.3) is 0 Å². The van der Waals surface area contributed by atoms with Crippen LogP contribution in [0.3, 0.4) is 0 Å². The maximum Gasteiger partial charge on any atom is 0.240 e. The number of para-hydroxylation sites is 2. The van der Waals surface area contributed by atoms with Crippen LogP contribution >= 0.6 is 0 Å². The maximum absolute atomic E-state index is 11.9. The van der Waals surface area contributed by atoms with Crippen LogP contribution in [0.25, 0.3) is 11.0 Å². The highest BCUT2D eigenvalue weighted by Gasteiger charge is 2.20. The van der Waals surface area contributed by atoms with Crippen molar-refractivity contribution in [2.24, 2.45) is 5.92 Å². The minimum absolute atomic E-state index is 0.0318. The molecule has 1 aromatic heterocycles. The molecule has 1 aliphatic rings. The second kappa shape index (κ2) is 5.63. The topological polar surface area (TPSA) is 59.0 Å². The number of carbonyl (C=O) groups is 1. The summed E-state index contributed by atoms with van der Waals surface area (Å²) in [4.78, 5) is 16.4. The van der Waals surface area contributed by atoms with Crippen molar-refractivity contribution in [1.82, 2.24) is 14.9 Å². The standard InChI is InChI=1S/C15H20N4O/c1-2-19-13-6-4-3-5-12(13)17-15(19)18-14(20)10-16-9-11-7-8-11/h3-6,11,16H,2,7-10H2,1H3,(H,17,18,20). The fourth-order valence-corrected chi connectivity index (χ4v) is 2.37. The number of hydrogen-bond donors (Lipinski definition) is 2. The fraction of sp³-hybridized carbons (Fsp3) is 0.467. The number of nitrogens with zero attached hydrogens (tertiary/aromatic N) is 2. The monoisotopic (exact) mass is 272 g/mol. The molecule has 1 amide bonds. The first kappa shape index (κ1) is 13.1. The number of benzene rings is 1. The predicted molar refractivity (Wildman–Crippen MR) is 79.6 cm³/mol. The Morgan fingerprint density at radius 2 is 2.20 bits per heavy atom. The number of aryl methyl sites for hydroxylation is 1. The van der Waals surface area contributed by atoms with Crippen LogP contribution in [0.15, 0.2) is 24.3 Å². The Bertz CT molecular complexity index is 615. The molecule has 3 rings (SSSR count). The van der Waals surface area contributed by atoms with Gasteiger partial charge in [-0.2, -0.15) is 0 Å². The van der Waals surface area contributed by atoms with Crippen molar-refractivity contribution in [1.29, 1.82) is 0 Å². The Hall–Kier alpha value is -1.88. The number of rotatable bonds is 6. The van der Waals surface area contributed by atoms with Gasteiger partial charge in [0, 0.05) is 6.54 Å². The highest BCUT2D eigenvalue weighted by Crippen LogP contribution is 2.27. The summed E-state index contributed by atoms with van der Waals surface area (Å²) in [7, 11) is 0. The van der Waals surface area contributed by atoms with Crippen LogP contribution in [-0.2, 0) is 11.3 Å². The van der Waals surface area contributed by atoms with Gasteiger partial charge in [-0.25, -0.2) is 4.98 Å². The van der Waals surface area contributed by atoms with E-state index >= 15 is 0 Å². The third-order valence-electron chi connectivity index (χ3n) is 3.64. The highest BCUT2D eigenvalue weighted by molar-refractivity contribution is 5.92. The van der Waals surface area contributed by atoms with Crippen molar-refractivity contribution in [3.8, 4) is 0 Å². The number of amides is 1. The summed E-state index contributed by atoms with van der Waals surface area (Å²) in [6.07, 6.45) is 2.58. The first-order valence-corrected chi connectivity index (χ1v) is 7.23. The SMILES string of the molecule is CCn1c(NC(=O)CNCC2CC2)nc2ccccc21. The van der Waals surface area contributed by atoms with Gasteiger partial charge in [-0.05, 0) is 44.4 Å². The first-order chi connectivity index (χ1) is 9.78. The van der Waals surface area contributed by atoms with Gasteiger partial charge in [-0.15, -0.1) is 0 Å². The van der Waals surface area contributed by atoms with Crippen LogP contribution in [0.1, 0.15) is 19.8 Å². The predicted octanol–water partition coefficient (Wildman–Crippen LogP) is 1.99. The molecule has 1 fully saturated rings. The molecule has 0 bridgehead atoms. The van der Waals surface area contributed by atoms with Crippen molar-refractivity contribution in [3.63, 3.8) is 0 Å². The molecule has 0 saturated heterocycles. The number of fused-ring (bicyclic) bond motifs is 1. The molecule has 2 aromatic rings. The molecule has 20 heavy (non-hydrogen) atoms. The minimum atomic E-state index is -0.0318. The largest absolute Gasteiger partial charge is 0.310 e.